The lowest BCUT2D eigenvalue weighted by atomic mass is 9.74. The van der Waals surface area contributed by atoms with E-state index in [1.807, 2.05) is 24.3 Å². The minimum absolute atomic E-state index is 0.0225. The van der Waals surface area contributed by atoms with E-state index in [-0.39, 0.29) is 29.6 Å². The van der Waals surface area contributed by atoms with Crippen molar-refractivity contribution in [3.8, 4) is 0 Å². The van der Waals surface area contributed by atoms with Crippen LogP contribution in [0.25, 0.3) is 0 Å². The van der Waals surface area contributed by atoms with E-state index >= 15 is 0 Å². The number of benzene rings is 2. The van der Waals surface area contributed by atoms with Gasteiger partial charge in [-0.15, -0.1) is 0 Å². The zero-order chi connectivity index (χ0) is 24.4. The molecular weight excluding hydrogens is 460 g/mol. The summed E-state index contributed by atoms with van der Waals surface area (Å²) >= 11 is 6.09. The van der Waals surface area contributed by atoms with Gasteiger partial charge < -0.3 is 20.6 Å². The summed E-state index contributed by atoms with van der Waals surface area (Å²) in [6.07, 6.45) is 4.03. The van der Waals surface area contributed by atoms with Crippen molar-refractivity contribution in [1.82, 2.24) is 20.4 Å². The molecule has 3 aliphatic heterocycles. The summed E-state index contributed by atoms with van der Waals surface area (Å²) in [5, 5.41) is 17.4. The van der Waals surface area contributed by atoms with E-state index in [4.69, 9.17) is 11.6 Å². The molecule has 0 saturated carbocycles. The standard InChI is InChI=1S/C28H37ClN4O2/c1-32-13-10-21-4-2-3-5-25(21)28(32)11-14-33(15-12-28)27(35)26(16-20-6-8-22(29)9-7-20)31-18-23-17-24(34)19-30-23/h2-9,23-24,26,30-31,34H,10-19H2,1H3/t23-,24-,26-/m1/s1. The molecule has 0 aromatic heterocycles. The zero-order valence-corrected chi connectivity index (χ0v) is 21.3. The van der Waals surface area contributed by atoms with Gasteiger partial charge in [-0.1, -0.05) is 48.0 Å². The van der Waals surface area contributed by atoms with Gasteiger partial charge in [0, 0.05) is 49.3 Å². The average Bonchev–Trinajstić information content (AvgIpc) is 3.30. The molecule has 0 aliphatic carbocycles. The van der Waals surface area contributed by atoms with Crippen molar-refractivity contribution in [3.63, 3.8) is 0 Å². The number of nitrogens with zero attached hydrogens (tertiary/aromatic N) is 2. The average molecular weight is 497 g/mol. The van der Waals surface area contributed by atoms with Crippen molar-refractivity contribution in [2.24, 2.45) is 0 Å². The second kappa shape index (κ2) is 10.6. The van der Waals surface area contributed by atoms with Crippen LogP contribution >= 0.6 is 11.6 Å². The van der Waals surface area contributed by atoms with E-state index in [0.29, 0.717) is 31.0 Å². The smallest absolute Gasteiger partial charge is 0.240 e. The van der Waals surface area contributed by atoms with Crippen LogP contribution in [0.4, 0.5) is 0 Å². The minimum Gasteiger partial charge on any atom is -0.392 e. The summed E-state index contributed by atoms with van der Waals surface area (Å²) in [7, 11) is 2.24. The number of likely N-dealkylation sites (N-methyl/N-ethyl adjacent to an activating group) is 1. The van der Waals surface area contributed by atoms with Gasteiger partial charge in [-0.3, -0.25) is 9.69 Å². The van der Waals surface area contributed by atoms with Crippen LogP contribution in [0.5, 0.6) is 0 Å². The lowest BCUT2D eigenvalue weighted by Crippen LogP contribution is -2.58. The zero-order valence-electron chi connectivity index (χ0n) is 20.5. The van der Waals surface area contributed by atoms with Crippen molar-refractivity contribution in [1.29, 1.82) is 0 Å². The number of aliphatic hydroxyl groups is 1. The molecule has 0 unspecified atom stereocenters. The Morgan fingerprint density at radius 1 is 1.17 bits per heavy atom. The number of likely N-dealkylation sites (tertiary alicyclic amines) is 1. The number of halogens is 1. The van der Waals surface area contributed by atoms with Gasteiger partial charge in [0.1, 0.15) is 0 Å². The van der Waals surface area contributed by atoms with Crippen molar-refractivity contribution >= 4 is 17.5 Å². The van der Waals surface area contributed by atoms with Crippen LogP contribution in [0.1, 0.15) is 36.0 Å². The van der Waals surface area contributed by atoms with Crippen LogP contribution in [-0.4, -0.2) is 78.8 Å². The lowest BCUT2D eigenvalue weighted by molar-refractivity contribution is -0.136. The first-order chi connectivity index (χ1) is 16.9. The van der Waals surface area contributed by atoms with Crippen LogP contribution in [-0.2, 0) is 23.2 Å². The Balaban J connectivity index is 1.29. The highest BCUT2D eigenvalue weighted by atomic mass is 35.5. The number of hydrogen-bond donors (Lipinski definition) is 3. The van der Waals surface area contributed by atoms with E-state index in [0.717, 1.165) is 44.5 Å². The van der Waals surface area contributed by atoms with Crippen molar-refractivity contribution in [2.75, 3.05) is 39.8 Å². The summed E-state index contributed by atoms with van der Waals surface area (Å²) in [5.41, 5.74) is 4.02. The molecule has 5 rings (SSSR count). The van der Waals surface area contributed by atoms with Gasteiger partial charge in [-0.25, -0.2) is 0 Å². The summed E-state index contributed by atoms with van der Waals surface area (Å²) in [5.74, 6) is 0.167. The third-order valence-corrected chi connectivity index (χ3v) is 8.58. The number of fused-ring (bicyclic) bond motifs is 2. The van der Waals surface area contributed by atoms with E-state index in [9.17, 15) is 9.90 Å². The summed E-state index contributed by atoms with van der Waals surface area (Å²) in [6, 6.07) is 16.5. The Morgan fingerprint density at radius 3 is 2.63 bits per heavy atom. The number of hydrogen-bond acceptors (Lipinski definition) is 5. The first-order valence-corrected chi connectivity index (χ1v) is 13.3. The van der Waals surface area contributed by atoms with Gasteiger partial charge in [0.25, 0.3) is 0 Å². The van der Waals surface area contributed by atoms with Gasteiger partial charge in [-0.2, -0.15) is 0 Å². The topological polar surface area (TPSA) is 67.8 Å². The fraction of sp³-hybridized carbons (Fsp3) is 0.536. The molecule has 35 heavy (non-hydrogen) atoms. The van der Waals surface area contributed by atoms with Gasteiger partial charge in [-0.05, 0) is 68.0 Å². The molecular formula is C28H37ClN4O2. The predicted molar refractivity (Wildman–Crippen MR) is 140 cm³/mol. The quantitative estimate of drug-likeness (QED) is 0.573. The van der Waals surface area contributed by atoms with Crippen LogP contribution in [0.2, 0.25) is 5.02 Å². The van der Waals surface area contributed by atoms with Gasteiger partial charge in [0.15, 0.2) is 0 Å². The Morgan fingerprint density at radius 2 is 1.91 bits per heavy atom. The molecule has 3 heterocycles. The van der Waals surface area contributed by atoms with Crippen molar-refractivity contribution in [2.45, 2.75) is 55.8 Å². The molecule has 2 saturated heterocycles. The van der Waals surface area contributed by atoms with Crippen molar-refractivity contribution < 1.29 is 9.90 Å². The molecule has 1 amide bonds. The molecule has 6 nitrogen and oxygen atoms in total. The Hall–Kier alpha value is -1.96. The van der Waals surface area contributed by atoms with Gasteiger partial charge in [0.05, 0.1) is 12.1 Å². The van der Waals surface area contributed by atoms with Crippen LogP contribution in [0.3, 0.4) is 0 Å². The first-order valence-electron chi connectivity index (χ1n) is 12.9. The maximum absolute atomic E-state index is 13.8. The Kier molecular flexibility index (Phi) is 7.47. The molecule has 0 radical (unpaired) electrons. The van der Waals surface area contributed by atoms with Gasteiger partial charge in [0.2, 0.25) is 5.91 Å². The highest BCUT2D eigenvalue weighted by Crippen LogP contribution is 2.42. The fourth-order valence-corrected chi connectivity index (χ4v) is 6.34. The fourth-order valence-electron chi connectivity index (χ4n) is 6.21. The van der Waals surface area contributed by atoms with Crippen LogP contribution < -0.4 is 10.6 Å². The molecule has 0 bridgehead atoms. The van der Waals surface area contributed by atoms with E-state index in [2.05, 4.69) is 51.7 Å². The van der Waals surface area contributed by atoms with E-state index in [1.165, 1.54) is 11.1 Å². The second-order valence-corrected chi connectivity index (χ2v) is 10.9. The Labute approximate surface area is 213 Å². The minimum atomic E-state index is -0.305. The highest BCUT2D eigenvalue weighted by Gasteiger charge is 2.44. The number of nitrogens with one attached hydrogen (secondary N) is 2. The number of carbonyl (C=O) groups is 1. The second-order valence-electron chi connectivity index (χ2n) is 10.5. The molecule has 3 N–H and O–H groups in total. The monoisotopic (exact) mass is 496 g/mol. The molecule has 2 aromatic rings. The molecule has 2 fully saturated rings. The van der Waals surface area contributed by atoms with Gasteiger partial charge >= 0.3 is 0 Å². The lowest BCUT2D eigenvalue weighted by Gasteiger charge is -2.51. The third-order valence-electron chi connectivity index (χ3n) is 8.33. The predicted octanol–water partition coefficient (Wildman–Crippen LogP) is 2.57. The molecule has 188 valence electrons. The summed E-state index contributed by atoms with van der Waals surface area (Å²) in [6.45, 7) is 3.86. The third kappa shape index (κ3) is 5.27. The number of rotatable bonds is 6. The molecule has 3 atom stereocenters. The summed E-state index contributed by atoms with van der Waals surface area (Å²) < 4.78 is 0. The SMILES string of the molecule is CN1CCc2ccccc2C12CCN(C(=O)[C@@H](Cc1ccc(Cl)cc1)NC[C@H]1C[C@@H](O)CN1)CC2. The first kappa shape index (κ1) is 24.7. The molecule has 7 heteroatoms. The normalized spacial score (nSPS) is 24.9. The molecule has 3 aliphatic rings. The van der Waals surface area contributed by atoms with E-state index < -0.39 is 0 Å². The Bertz CT molecular complexity index is 1020. The maximum atomic E-state index is 13.8. The van der Waals surface area contributed by atoms with E-state index in [1.54, 1.807) is 0 Å². The number of carbonyl (C=O) groups excluding carboxylic acids is 1. The van der Waals surface area contributed by atoms with Crippen molar-refractivity contribution in [3.05, 3.63) is 70.2 Å². The number of β-amino-alcohol motifs (C(OH)–C–C–N with tert-alkyl or cyclic N) is 1. The highest BCUT2D eigenvalue weighted by molar-refractivity contribution is 6.30. The number of aliphatic hydroxyl groups excluding tert-OH is 1. The van der Waals surface area contributed by atoms with Crippen LogP contribution in [0, 0.1) is 0 Å². The largest absolute Gasteiger partial charge is 0.392 e. The summed E-state index contributed by atoms with van der Waals surface area (Å²) in [4.78, 5) is 18.4. The number of amides is 1. The maximum Gasteiger partial charge on any atom is 0.240 e. The number of piperidine rings is 1. The molecule has 2 aromatic carbocycles. The van der Waals surface area contributed by atoms with Crippen LogP contribution in [0.15, 0.2) is 48.5 Å². The molecule has 1 spiro atoms.